The Hall–Kier alpha value is -2.08. The number of nitrogens with zero attached hydrogens (tertiary/aromatic N) is 1. The summed E-state index contributed by atoms with van der Waals surface area (Å²) in [5.41, 5.74) is 0.904. The van der Waals surface area contributed by atoms with Crippen molar-refractivity contribution < 1.29 is 19.1 Å². The molecule has 1 fully saturated rings. The van der Waals surface area contributed by atoms with Crippen LogP contribution in [0.15, 0.2) is 24.3 Å². The van der Waals surface area contributed by atoms with Crippen molar-refractivity contribution in [1.82, 2.24) is 10.2 Å². The van der Waals surface area contributed by atoms with E-state index in [0.29, 0.717) is 32.5 Å². The number of piperidine rings is 1. The first-order valence-corrected chi connectivity index (χ1v) is 9.83. The van der Waals surface area contributed by atoms with Crippen LogP contribution < -0.4 is 10.1 Å². The van der Waals surface area contributed by atoms with Crippen molar-refractivity contribution in [1.29, 1.82) is 0 Å². The van der Waals surface area contributed by atoms with Crippen LogP contribution in [0.5, 0.6) is 5.75 Å². The molecule has 2 amide bonds. The average Bonchev–Trinajstić information content (AvgIpc) is 2.69. The maximum atomic E-state index is 12.9. The second-order valence-corrected chi connectivity index (χ2v) is 6.91. The molecule has 0 bridgehead atoms. The van der Waals surface area contributed by atoms with E-state index in [2.05, 4.69) is 12.2 Å². The van der Waals surface area contributed by atoms with Gasteiger partial charge in [0.1, 0.15) is 5.75 Å². The van der Waals surface area contributed by atoms with Gasteiger partial charge in [0.05, 0.1) is 19.1 Å². The molecular weight excluding hydrogens is 344 g/mol. The molecule has 1 aliphatic heterocycles. The zero-order valence-electron chi connectivity index (χ0n) is 16.7. The molecule has 1 saturated heterocycles. The summed E-state index contributed by atoms with van der Waals surface area (Å²) < 4.78 is 10.6. The van der Waals surface area contributed by atoms with Crippen LogP contribution in [0.4, 0.5) is 0 Å². The molecular formula is C21H32N2O4. The summed E-state index contributed by atoms with van der Waals surface area (Å²) in [5, 5.41) is 3.02. The van der Waals surface area contributed by atoms with E-state index in [0.717, 1.165) is 30.6 Å². The van der Waals surface area contributed by atoms with E-state index in [1.54, 1.807) is 14.2 Å². The fourth-order valence-electron chi connectivity index (χ4n) is 3.67. The molecule has 6 heteroatoms. The van der Waals surface area contributed by atoms with Gasteiger partial charge in [-0.05, 0) is 25.3 Å². The second-order valence-electron chi connectivity index (χ2n) is 6.91. The lowest BCUT2D eigenvalue weighted by Gasteiger charge is -2.41. The molecule has 1 aromatic rings. The van der Waals surface area contributed by atoms with Crippen LogP contribution in [-0.2, 0) is 14.3 Å². The number of benzene rings is 1. The number of hydrogen-bond acceptors (Lipinski definition) is 4. The van der Waals surface area contributed by atoms with Crippen molar-refractivity contribution >= 4 is 11.8 Å². The summed E-state index contributed by atoms with van der Waals surface area (Å²) in [6.07, 6.45) is 3.65. The van der Waals surface area contributed by atoms with E-state index in [4.69, 9.17) is 9.47 Å². The quantitative estimate of drug-likeness (QED) is 0.638. The van der Waals surface area contributed by atoms with Gasteiger partial charge in [-0.25, -0.2) is 0 Å². The smallest absolute Gasteiger partial charge is 0.225 e. The van der Waals surface area contributed by atoms with Crippen LogP contribution in [0.25, 0.3) is 0 Å². The summed E-state index contributed by atoms with van der Waals surface area (Å²) in [6.45, 7) is 3.95. The van der Waals surface area contributed by atoms with E-state index in [-0.39, 0.29) is 23.8 Å². The largest absolute Gasteiger partial charge is 0.496 e. The first kappa shape index (κ1) is 21.2. The van der Waals surface area contributed by atoms with E-state index in [9.17, 15) is 9.59 Å². The lowest BCUT2D eigenvalue weighted by molar-refractivity contribution is -0.143. The Balaban J connectivity index is 2.29. The molecule has 1 aromatic carbocycles. The predicted octanol–water partition coefficient (Wildman–Crippen LogP) is 2.93. The van der Waals surface area contributed by atoms with E-state index < -0.39 is 0 Å². The zero-order valence-corrected chi connectivity index (χ0v) is 16.7. The molecule has 1 heterocycles. The number of ether oxygens (including phenoxy) is 2. The highest BCUT2D eigenvalue weighted by Gasteiger charge is 2.41. The van der Waals surface area contributed by atoms with E-state index in [1.807, 2.05) is 29.2 Å². The number of carbonyl (C=O) groups excluding carboxylic acids is 2. The number of rotatable bonds is 10. The van der Waals surface area contributed by atoms with Crippen LogP contribution in [0.3, 0.4) is 0 Å². The molecule has 1 aliphatic rings. The molecule has 6 nitrogen and oxygen atoms in total. The van der Waals surface area contributed by atoms with Crippen molar-refractivity contribution in [3.8, 4) is 5.75 Å². The minimum Gasteiger partial charge on any atom is -0.496 e. The molecule has 0 radical (unpaired) electrons. The minimum atomic E-state index is -0.295. The maximum absolute atomic E-state index is 12.9. The van der Waals surface area contributed by atoms with Gasteiger partial charge in [0, 0.05) is 38.8 Å². The van der Waals surface area contributed by atoms with Gasteiger partial charge in [-0.2, -0.15) is 0 Å². The van der Waals surface area contributed by atoms with Crippen molar-refractivity contribution in [3.05, 3.63) is 29.8 Å². The molecule has 2 atom stereocenters. The number of hydrogen-bond donors (Lipinski definition) is 1. The summed E-state index contributed by atoms with van der Waals surface area (Å²) in [5.74, 6) is 0.549. The topological polar surface area (TPSA) is 67.9 Å². The zero-order chi connectivity index (χ0) is 19.6. The Kier molecular flexibility index (Phi) is 8.58. The Morgan fingerprint density at radius 3 is 2.74 bits per heavy atom. The Morgan fingerprint density at radius 1 is 1.26 bits per heavy atom. The van der Waals surface area contributed by atoms with Crippen LogP contribution in [-0.4, -0.2) is 50.6 Å². The predicted molar refractivity (Wildman–Crippen MR) is 105 cm³/mol. The van der Waals surface area contributed by atoms with Gasteiger partial charge in [0.25, 0.3) is 0 Å². The molecule has 1 N–H and O–H groups in total. The highest BCUT2D eigenvalue weighted by Crippen LogP contribution is 2.40. The number of methoxy groups -OCH3 is 2. The summed E-state index contributed by atoms with van der Waals surface area (Å²) in [6, 6.07) is 7.40. The van der Waals surface area contributed by atoms with Gasteiger partial charge >= 0.3 is 0 Å². The molecule has 0 aromatic heterocycles. The lowest BCUT2D eigenvalue weighted by Crippen LogP contribution is -2.48. The van der Waals surface area contributed by atoms with Gasteiger partial charge in [-0.15, -0.1) is 0 Å². The standard InChI is InChI=1S/C21H32N2O4/c1-4-5-14-23-19(24)12-11-17(21(25)22-13-8-15-26-2)20(23)16-9-6-7-10-18(16)27-3/h6-7,9-10,17,20H,4-5,8,11-15H2,1-3H3,(H,22,25). The number of unbranched alkanes of at least 4 members (excludes halogenated alkanes) is 1. The molecule has 0 spiro atoms. The van der Waals surface area contributed by atoms with Crippen LogP contribution in [0.2, 0.25) is 0 Å². The molecule has 0 aliphatic carbocycles. The lowest BCUT2D eigenvalue weighted by atomic mass is 9.83. The Bertz CT molecular complexity index is 620. The fourth-order valence-corrected chi connectivity index (χ4v) is 3.67. The first-order chi connectivity index (χ1) is 13.1. The maximum Gasteiger partial charge on any atom is 0.225 e. The third-order valence-corrected chi connectivity index (χ3v) is 5.08. The Labute approximate surface area is 162 Å². The van der Waals surface area contributed by atoms with Crippen molar-refractivity contribution in [2.45, 2.75) is 45.1 Å². The van der Waals surface area contributed by atoms with Crippen molar-refractivity contribution in [2.24, 2.45) is 5.92 Å². The number of nitrogens with one attached hydrogen (secondary N) is 1. The summed E-state index contributed by atoms with van der Waals surface area (Å²) in [4.78, 5) is 27.5. The van der Waals surface area contributed by atoms with Gasteiger partial charge in [0.15, 0.2) is 0 Å². The number of amides is 2. The van der Waals surface area contributed by atoms with Gasteiger partial charge < -0.3 is 19.7 Å². The number of carbonyl (C=O) groups is 2. The van der Waals surface area contributed by atoms with Crippen LogP contribution in [0.1, 0.15) is 50.6 Å². The summed E-state index contributed by atoms with van der Waals surface area (Å²) >= 11 is 0. The highest BCUT2D eigenvalue weighted by atomic mass is 16.5. The fraction of sp³-hybridized carbons (Fsp3) is 0.619. The van der Waals surface area contributed by atoms with Crippen LogP contribution >= 0.6 is 0 Å². The van der Waals surface area contributed by atoms with Crippen molar-refractivity contribution in [2.75, 3.05) is 33.9 Å². The van der Waals surface area contributed by atoms with Crippen LogP contribution in [0, 0.1) is 5.92 Å². The van der Waals surface area contributed by atoms with Gasteiger partial charge in [-0.3, -0.25) is 9.59 Å². The van der Waals surface area contributed by atoms with E-state index >= 15 is 0 Å². The first-order valence-electron chi connectivity index (χ1n) is 9.83. The van der Waals surface area contributed by atoms with E-state index in [1.165, 1.54) is 0 Å². The summed E-state index contributed by atoms with van der Waals surface area (Å²) in [7, 11) is 3.28. The second kappa shape index (κ2) is 10.9. The number of para-hydroxylation sites is 1. The molecule has 2 rings (SSSR count). The monoisotopic (exact) mass is 376 g/mol. The highest BCUT2D eigenvalue weighted by molar-refractivity contribution is 5.85. The molecule has 2 unspecified atom stereocenters. The van der Waals surface area contributed by atoms with Gasteiger partial charge in [-0.1, -0.05) is 31.5 Å². The number of likely N-dealkylation sites (tertiary alicyclic amines) is 1. The SMILES string of the molecule is CCCCN1C(=O)CCC(C(=O)NCCCOC)C1c1ccccc1OC. The molecule has 150 valence electrons. The molecule has 27 heavy (non-hydrogen) atoms. The minimum absolute atomic E-state index is 0.00370. The van der Waals surface area contributed by atoms with Crippen molar-refractivity contribution in [3.63, 3.8) is 0 Å². The molecule has 0 saturated carbocycles. The normalized spacial score (nSPS) is 19.8. The third kappa shape index (κ3) is 5.45. The Morgan fingerprint density at radius 2 is 2.04 bits per heavy atom. The van der Waals surface area contributed by atoms with Gasteiger partial charge in [0.2, 0.25) is 11.8 Å². The average molecular weight is 376 g/mol. The third-order valence-electron chi connectivity index (χ3n) is 5.08.